The van der Waals surface area contributed by atoms with Gasteiger partial charge in [0.15, 0.2) is 0 Å². The number of carbonyl (C=O) groups excluding carboxylic acids is 3. The number of nitrogens with one attached hydrogen (secondary N) is 2. The van der Waals surface area contributed by atoms with Gasteiger partial charge in [0, 0.05) is 0 Å². The highest BCUT2D eigenvalue weighted by atomic mass is 16.6. The third-order valence-corrected chi connectivity index (χ3v) is 3.22. The highest BCUT2D eigenvalue weighted by molar-refractivity contribution is 5.89. The van der Waals surface area contributed by atoms with E-state index in [4.69, 9.17) is 9.47 Å². The molecule has 1 aliphatic heterocycles. The Morgan fingerprint density at radius 2 is 1.83 bits per heavy atom. The van der Waals surface area contributed by atoms with E-state index in [1.807, 2.05) is 12.2 Å². The van der Waals surface area contributed by atoms with E-state index in [0.29, 0.717) is 25.7 Å². The van der Waals surface area contributed by atoms with Crippen LogP contribution in [-0.4, -0.2) is 42.8 Å². The van der Waals surface area contributed by atoms with E-state index in [2.05, 4.69) is 10.6 Å². The van der Waals surface area contributed by atoms with Crippen molar-refractivity contribution < 1.29 is 23.9 Å². The second-order valence-electron chi connectivity index (χ2n) is 6.41. The zero-order valence-electron chi connectivity index (χ0n) is 14.2. The van der Waals surface area contributed by atoms with E-state index in [1.165, 1.54) is 7.11 Å². The second-order valence-corrected chi connectivity index (χ2v) is 6.41. The number of hydrogen-bond donors (Lipinski definition) is 2. The van der Waals surface area contributed by atoms with Crippen molar-refractivity contribution in [3.05, 3.63) is 12.2 Å². The van der Waals surface area contributed by atoms with Crippen LogP contribution in [0.25, 0.3) is 0 Å². The summed E-state index contributed by atoms with van der Waals surface area (Å²) in [4.78, 5) is 35.9. The molecule has 0 saturated heterocycles. The van der Waals surface area contributed by atoms with Crippen LogP contribution in [0.4, 0.5) is 4.79 Å². The number of ether oxygens (including phenoxy) is 2. The van der Waals surface area contributed by atoms with E-state index in [9.17, 15) is 14.4 Å². The predicted molar refractivity (Wildman–Crippen MR) is 84.7 cm³/mol. The number of methoxy groups -OCH3 is 1. The fourth-order valence-electron chi connectivity index (χ4n) is 2.14. The zero-order chi connectivity index (χ0) is 17.5. The van der Waals surface area contributed by atoms with Crippen molar-refractivity contribution in [3.8, 4) is 0 Å². The van der Waals surface area contributed by atoms with Gasteiger partial charge in [-0.05, 0) is 46.5 Å². The van der Waals surface area contributed by atoms with Crippen LogP contribution in [0.1, 0.15) is 46.5 Å². The SMILES string of the molecule is COC(=O)C1CC/C=C\CCC(NC(=O)OC(C)(C)C)C(=O)N1. The highest BCUT2D eigenvalue weighted by Gasteiger charge is 2.28. The van der Waals surface area contributed by atoms with Gasteiger partial charge in [0.1, 0.15) is 17.7 Å². The van der Waals surface area contributed by atoms with Crippen LogP contribution in [0.3, 0.4) is 0 Å². The normalized spacial score (nSPS) is 24.1. The van der Waals surface area contributed by atoms with Gasteiger partial charge < -0.3 is 20.1 Å². The van der Waals surface area contributed by atoms with Gasteiger partial charge in [0.2, 0.25) is 5.91 Å². The van der Waals surface area contributed by atoms with E-state index < -0.39 is 35.7 Å². The van der Waals surface area contributed by atoms with Crippen LogP contribution < -0.4 is 10.6 Å². The van der Waals surface area contributed by atoms with Gasteiger partial charge >= 0.3 is 12.1 Å². The van der Waals surface area contributed by atoms with Crippen molar-refractivity contribution in [2.75, 3.05) is 7.11 Å². The van der Waals surface area contributed by atoms with E-state index in [0.717, 1.165) is 0 Å². The summed E-state index contributed by atoms with van der Waals surface area (Å²) >= 11 is 0. The first-order valence-corrected chi connectivity index (χ1v) is 7.75. The Bertz CT molecular complexity index is 468. The maximum atomic E-state index is 12.4. The first-order chi connectivity index (χ1) is 10.7. The quantitative estimate of drug-likeness (QED) is 0.595. The molecule has 0 aromatic heterocycles. The maximum absolute atomic E-state index is 12.4. The molecule has 2 atom stereocenters. The summed E-state index contributed by atoms with van der Waals surface area (Å²) in [6, 6.07) is -1.49. The third-order valence-electron chi connectivity index (χ3n) is 3.22. The molecule has 7 nitrogen and oxygen atoms in total. The van der Waals surface area contributed by atoms with Gasteiger partial charge in [-0.25, -0.2) is 9.59 Å². The van der Waals surface area contributed by atoms with E-state index in [1.54, 1.807) is 20.8 Å². The summed E-state index contributed by atoms with van der Waals surface area (Å²) in [6.45, 7) is 5.24. The van der Waals surface area contributed by atoms with Crippen molar-refractivity contribution in [1.29, 1.82) is 0 Å². The topological polar surface area (TPSA) is 93.7 Å². The molecule has 2 N–H and O–H groups in total. The Kier molecular flexibility index (Phi) is 7.06. The zero-order valence-corrected chi connectivity index (χ0v) is 14.2. The third kappa shape index (κ3) is 7.17. The fraction of sp³-hybridized carbons (Fsp3) is 0.688. The van der Waals surface area contributed by atoms with Crippen molar-refractivity contribution in [1.82, 2.24) is 10.6 Å². The molecule has 0 aromatic carbocycles. The largest absolute Gasteiger partial charge is 0.467 e. The molecule has 0 spiro atoms. The number of rotatable bonds is 2. The minimum atomic E-state index is -0.764. The highest BCUT2D eigenvalue weighted by Crippen LogP contribution is 2.10. The number of amides is 2. The monoisotopic (exact) mass is 326 g/mol. The van der Waals surface area contributed by atoms with Crippen LogP contribution >= 0.6 is 0 Å². The number of alkyl carbamates (subject to hydrolysis) is 1. The average Bonchev–Trinajstić information content (AvgIpc) is 2.45. The molecule has 1 heterocycles. The Hall–Kier alpha value is -2.05. The van der Waals surface area contributed by atoms with Gasteiger partial charge in [-0.2, -0.15) is 0 Å². The van der Waals surface area contributed by atoms with Gasteiger partial charge in [-0.1, -0.05) is 12.2 Å². The molecule has 0 saturated carbocycles. The molecule has 0 aromatic rings. The Morgan fingerprint density at radius 1 is 1.22 bits per heavy atom. The summed E-state index contributed by atoms with van der Waals surface area (Å²) in [5.41, 5.74) is -0.648. The van der Waals surface area contributed by atoms with Crippen LogP contribution in [0.15, 0.2) is 12.2 Å². The molecule has 2 amide bonds. The Balaban J connectivity index is 2.77. The number of carbonyl (C=O) groups is 3. The molecule has 7 heteroatoms. The van der Waals surface area contributed by atoms with Gasteiger partial charge in [0.05, 0.1) is 7.11 Å². The van der Waals surface area contributed by atoms with Gasteiger partial charge in [-0.3, -0.25) is 4.79 Å². The van der Waals surface area contributed by atoms with Gasteiger partial charge in [-0.15, -0.1) is 0 Å². The lowest BCUT2D eigenvalue weighted by atomic mass is 10.1. The molecule has 23 heavy (non-hydrogen) atoms. The number of esters is 1. The average molecular weight is 326 g/mol. The Morgan fingerprint density at radius 3 is 2.39 bits per heavy atom. The van der Waals surface area contributed by atoms with Gasteiger partial charge in [0.25, 0.3) is 0 Å². The summed E-state index contributed by atoms with van der Waals surface area (Å²) in [5.74, 6) is -0.912. The predicted octanol–water partition coefficient (Wildman–Crippen LogP) is 1.67. The number of hydrogen-bond acceptors (Lipinski definition) is 5. The minimum Gasteiger partial charge on any atom is -0.467 e. The van der Waals surface area contributed by atoms with Crippen molar-refractivity contribution in [3.63, 3.8) is 0 Å². The minimum absolute atomic E-state index is 0.415. The molecular weight excluding hydrogens is 300 g/mol. The van der Waals surface area contributed by atoms with Crippen molar-refractivity contribution in [2.24, 2.45) is 0 Å². The standard InChI is InChI=1S/C16H26N2O5/c1-16(2,3)23-15(21)18-11-9-7-5-6-8-10-12(14(20)22-4)17-13(11)19/h5-6,11-12H,7-10H2,1-4H3,(H,17,19)(H,18,21)/b6-5-. The Labute approximate surface area is 136 Å². The molecule has 0 fully saturated rings. The summed E-state index contributed by atoms with van der Waals surface area (Å²) in [6.07, 6.45) is 5.44. The fourth-order valence-corrected chi connectivity index (χ4v) is 2.14. The first-order valence-electron chi connectivity index (χ1n) is 7.75. The summed E-state index contributed by atoms with van der Waals surface area (Å²) < 4.78 is 9.87. The van der Waals surface area contributed by atoms with E-state index in [-0.39, 0.29) is 0 Å². The van der Waals surface area contributed by atoms with E-state index >= 15 is 0 Å². The lowest BCUT2D eigenvalue weighted by Gasteiger charge is -2.25. The van der Waals surface area contributed by atoms with Crippen LogP contribution in [0.5, 0.6) is 0 Å². The van der Waals surface area contributed by atoms with Crippen LogP contribution in [0.2, 0.25) is 0 Å². The lowest BCUT2D eigenvalue weighted by Crippen LogP contribution is -2.52. The van der Waals surface area contributed by atoms with Crippen LogP contribution in [-0.2, 0) is 19.1 Å². The molecule has 1 rings (SSSR count). The molecule has 130 valence electrons. The lowest BCUT2D eigenvalue weighted by molar-refractivity contribution is -0.145. The first kappa shape index (κ1) is 19.0. The van der Waals surface area contributed by atoms with Crippen molar-refractivity contribution in [2.45, 2.75) is 64.1 Å². The summed E-state index contributed by atoms with van der Waals surface area (Å²) in [7, 11) is 1.28. The molecule has 0 radical (unpaired) electrons. The molecule has 0 bridgehead atoms. The second kappa shape index (κ2) is 8.55. The molecule has 1 aliphatic rings. The van der Waals surface area contributed by atoms with Crippen molar-refractivity contribution >= 4 is 18.0 Å². The summed E-state index contributed by atoms with van der Waals surface area (Å²) in [5, 5.41) is 5.20. The smallest absolute Gasteiger partial charge is 0.408 e. The molecular formula is C16H26N2O5. The molecule has 2 unspecified atom stereocenters. The number of allylic oxidation sites excluding steroid dienone is 2. The van der Waals surface area contributed by atoms with Crippen LogP contribution in [0, 0.1) is 0 Å². The molecule has 0 aliphatic carbocycles. The maximum Gasteiger partial charge on any atom is 0.408 e.